The van der Waals surface area contributed by atoms with Crippen molar-refractivity contribution in [2.75, 3.05) is 0 Å². The summed E-state index contributed by atoms with van der Waals surface area (Å²) in [5.41, 5.74) is 39.7. The maximum atomic E-state index is 6.33. The Bertz CT molecular complexity index is 7890. The highest BCUT2D eigenvalue weighted by Crippen LogP contribution is 2.46. The molecule has 12 nitrogen and oxygen atoms in total. The monoisotopic (exact) mass is 1790 g/mol. The number of pyridine rings is 6. The van der Waals surface area contributed by atoms with Gasteiger partial charge in [-0.2, -0.15) is 0 Å². The van der Waals surface area contributed by atoms with Crippen molar-refractivity contribution in [3.8, 4) is 66.8 Å². The molecule has 0 unspecified atom stereocenters. The molecule has 12 aromatic heterocycles. The van der Waals surface area contributed by atoms with Gasteiger partial charge in [-0.15, -0.1) is 0 Å². The van der Waals surface area contributed by atoms with Gasteiger partial charge >= 0.3 is 0 Å². The Kier molecular flexibility index (Phi) is 25.6. The second-order valence-corrected chi connectivity index (χ2v) is 37.9. The fraction of sp³-hybridized carbons (Fsp3) is 0.184. The zero-order valence-corrected chi connectivity index (χ0v) is 80.9. The summed E-state index contributed by atoms with van der Waals surface area (Å²) in [4.78, 5) is 27.3. The van der Waals surface area contributed by atoms with Crippen LogP contribution in [0.2, 0.25) is 0 Å². The van der Waals surface area contributed by atoms with E-state index in [1.165, 1.54) is 66.8 Å². The molecule has 678 valence electrons. The summed E-state index contributed by atoms with van der Waals surface area (Å²) in [6.45, 7) is 36.7. The molecule has 0 saturated heterocycles. The van der Waals surface area contributed by atoms with E-state index in [1.54, 1.807) is 0 Å². The van der Waals surface area contributed by atoms with E-state index < -0.39 is 0 Å². The molecule has 0 aliphatic carbocycles. The molecule has 0 spiro atoms. The molecule has 0 amide bonds. The first-order valence-corrected chi connectivity index (χ1v) is 47.7. The van der Waals surface area contributed by atoms with Crippen LogP contribution in [0.15, 0.2) is 361 Å². The molecule has 137 heavy (non-hydrogen) atoms. The Balaban J connectivity index is 0.000000105. The number of hydrogen-bond acceptors (Lipinski definition) is 12. The summed E-state index contributed by atoms with van der Waals surface area (Å²) in [7, 11) is 0. The Labute approximate surface area is 799 Å². The van der Waals surface area contributed by atoms with E-state index in [2.05, 4.69) is 397 Å². The Morgan fingerprint density at radius 1 is 0.219 bits per heavy atom. The Morgan fingerprint density at radius 2 is 0.606 bits per heavy atom. The van der Waals surface area contributed by atoms with Crippen LogP contribution in [0.4, 0.5) is 0 Å². The molecule has 0 bridgehead atoms. The summed E-state index contributed by atoms with van der Waals surface area (Å²) in [6.07, 6.45) is 13.3. The van der Waals surface area contributed by atoms with Crippen LogP contribution in [0, 0.1) is 34.6 Å². The number of fused-ring (bicyclic) bond motifs is 18. The van der Waals surface area contributed by atoms with E-state index in [0.717, 1.165) is 188 Å². The first-order chi connectivity index (χ1) is 66.5. The average Bonchev–Trinajstić information content (AvgIpc) is 1.25. The minimum Gasteiger partial charge on any atom is -0.455 e. The van der Waals surface area contributed by atoms with E-state index in [-0.39, 0.29) is 0 Å². The van der Waals surface area contributed by atoms with Crippen LogP contribution in [-0.2, 0) is 0 Å². The van der Waals surface area contributed by atoms with E-state index in [4.69, 9.17) is 31.5 Å². The third-order valence-electron chi connectivity index (χ3n) is 25.9. The van der Waals surface area contributed by atoms with Gasteiger partial charge in [0.2, 0.25) is 5.71 Å². The molecule has 12 heterocycles. The number of furan rings is 6. The molecule has 0 saturated carbocycles. The summed E-state index contributed by atoms with van der Waals surface area (Å²) >= 11 is 0. The summed E-state index contributed by atoms with van der Waals surface area (Å²) < 4.78 is 37.5. The van der Waals surface area contributed by atoms with Gasteiger partial charge in [0, 0.05) is 142 Å². The van der Waals surface area contributed by atoms with Crippen molar-refractivity contribution in [1.29, 1.82) is 0 Å². The van der Waals surface area contributed by atoms with E-state index in [9.17, 15) is 0 Å². The van der Waals surface area contributed by atoms with E-state index >= 15 is 0 Å². The Hall–Kier alpha value is -15.7. The highest BCUT2D eigenvalue weighted by atomic mass is 16.4. The van der Waals surface area contributed by atoms with Gasteiger partial charge in [-0.3, -0.25) is 19.9 Å². The van der Waals surface area contributed by atoms with Gasteiger partial charge in [0.25, 0.3) is 0 Å². The van der Waals surface area contributed by atoms with Gasteiger partial charge in [0.15, 0.2) is 16.7 Å². The van der Waals surface area contributed by atoms with Gasteiger partial charge in [0.05, 0.1) is 5.69 Å². The standard InChI is InChI=1S/5C21H19NO.C20H17NO/c1-13(2)16-11-19-18-9-5-8-17(15-7-4-6-14(3)10-15)20(18)23-21(19)22-12-16;1-13(2)18-11-22-12-19-17-9-5-8-16(20(17)23-21(18)19)15-7-4-6-14(3)10-15;1-13(2)16-8-5-9-17-19-12-22-11-18(21(19)23-20(16)17)15-7-4-6-14(3)10-15;1-13(2)19-21-18(10-11-22-19)17-9-5-8-16(20(17)23-21)15-7-4-6-14(3)12-15;1-13(2)16-8-5-9-18-19-21(23-20(16)18)17(10-11-22-19)15-7-4-6-14(3)12-15;1-13(2)17-11-12-18-19(21-17)16-10-6-9-15(20(16)22-18)14-7-4-3-5-8-14/h5*4-13H,1-3H3;3-13H,1-2H3. The molecule has 0 aliphatic rings. The summed E-state index contributed by atoms with van der Waals surface area (Å²) in [5, 5.41) is 11.2. The Morgan fingerprint density at radius 3 is 1.12 bits per heavy atom. The molecule has 0 aliphatic heterocycles. The van der Waals surface area contributed by atoms with Crippen LogP contribution in [-0.4, -0.2) is 29.9 Å². The average molecular weight is 1790 g/mol. The van der Waals surface area contributed by atoms with Crippen molar-refractivity contribution < 1.29 is 26.5 Å². The molecule has 12 heteroatoms. The fourth-order valence-corrected chi connectivity index (χ4v) is 18.7. The van der Waals surface area contributed by atoms with E-state index in [0.29, 0.717) is 41.2 Å². The zero-order valence-electron chi connectivity index (χ0n) is 80.9. The van der Waals surface area contributed by atoms with Crippen molar-refractivity contribution in [3.05, 3.63) is 396 Å². The number of aromatic nitrogens is 6. The molecule has 0 fully saturated rings. The number of para-hydroxylation sites is 6. The lowest BCUT2D eigenvalue weighted by Crippen LogP contribution is -1.91. The zero-order chi connectivity index (χ0) is 95.0. The lowest BCUT2D eigenvalue weighted by Gasteiger charge is -2.04. The van der Waals surface area contributed by atoms with Gasteiger partial charge in [-0.1, -0.05) is 360 Å². The highest BCUT2D eigenvalue weighted by Gasteiger charge is 2.24. The van der Waals surface area contributed by atoms with Gasteiger partial charge in [0.1, 0.15) is 55.7 Å². The van der Waals surface area contributed by atoms with Crippen molar-refractivity contribution in [2.24, 2.45) is 0 Å². The van der Waals surface area contributed by atoms with Gasteiger partial charge < -0.3 is 26.5 Å². The molecule has 0 N–H and O–H groups in total. The lowest BCUT2D eigenvalue weighted by atomic mass is 10.00. The van der Waals surface area contributed by atoms with Crippen LogP contribution >= 0.6 is 0 Å². The molecule has 12 aromatic carbocycles. The van der Waals surface area contributed by atoms with E-state index in [1.807, 2.05) is 79.8 Å². The molecular weight excluding hydrogens is 1680 g/mol. The number of aryl methyl sites for hydroxylation is 5. The van der Waals surface area contributed by atoms with Crippen LogP contribution in [0.1, 0.15) is 180 Å². The predicted molar refractivity (Wildman–Crippen MR) is 570 cm³/mol. The van der Waals surface area contributed by atoms with Crippen molar-refractivity contribution >= 4 is 132 Å². The number of hydrogen-bond donors (Lipinski definition) is 0. The smallest absolute Gasteiger partial charge is 0.227 e. The predicted octanol–water partition coefficient (Wildman–Crippen LogP) is 36.2. The maximum absolute atomic E-state index is 6.33. The number of benzene rings is 12. The van der Waals surface area contributed by atoms with Gasteiger partial charge in [-0.25, -0.2) is 9.97 Å². The number of rotatable bonds is 12. The van der Waals surface area contributed by atoms with Crippen molar-refractivity contribution in [1.82, 2.24) is 29.9 Å². The minimum atomic E-state index is 0.335. The normalized spacial score (nSPS) is 11.6. The van der Waals surface area contributed by atoms with Crippen LogP contribution < -0.4 is 0 Å². The third-order valence-corrected chi connectivity index (χ3v) is 25.9. The maximum Gasteiger partial charge on any atom is 0.227 e. The molecule has 24 aromatic rings. The summed E-state index contributed by atoms with van der Waals surface area (Å²) in [6, 6.07) is 101. The minimum absolute atomic E-state index is 0.335. The summed E-state index contributed by atoms with van der Waals surface area (Å²) in [5.74, 6) is 2.43. The van der Waals surface area contributed by atoms with Crippen molar-refractivity contribution in [3.63, 3.8) is 0 Å². The second kappa shape index (κ2) is 38.7. The fourth-order valence-electron chi connectivity index (χ4n) is 18.7. The van der Waals surface area contributed by atoms with Gasteiger partial charge in [-0.05, 0) is 163 Å². The first kappa shape index (κ1) is 90.5. The first-order valence-electron chi connectivity index (χ1n) is 47.7. The largest absolute Gasteiger partial charge is 0.455 e. The quantitative estimate of drug-likeness (QED) is 0.114. The van der Waals surface area contributed by atoms with Crippen LogP contribution in [0.3, 0.4) is 0 Å². The molecule has 0 atom stereocenters. The number of nitrogens with zero attached hydrogens (tertiary/aromatic N) is 6. The highest BCUT2D eigenvalue weighted by molar-refractivity contribution is 6.15. The SMILES string of the molecule is CC(C)c1ccc2oc3c(-c4ccccc4)cccc3c2n1.Cc1cccc(-c2cccc3c2oc2c(C(C)C)cncc23)c1.Cc1cccc(-c2cccc3c2oc2c(C(C)C)nccc23)c1.Cc1cccc(-c2cccc3c2oc2ncc(C(C)C)cc23)c1.Cc1cccc(-c2ccnc3c2oc2c(C(C)C)cccc23)c1.Cc1cccc(-c2cncc3c2oc2c(C(C)C)cccc23)c1. The third kappa shape index (κ3) is 18.2. The molecular formula is C125H112N6O6. The van der Waals surface area contributed by atoms with Crippen LogP contribution in [0.25, 0.3) is 199 Å². The topological polar surface area (TPSA) is 156 Å². The lowest BCUT2D eigenvalue weighted by molar-refractivity contribution is 0.651. The van der Waals surface area contributed by atoms with Crippen molar-refractivity contribution in [2.45, 2.75) is 153 Å². The second-order valence-electron chi connectivity index (χ2n) is 37.9. The van der Waals surface area contributed by atoms with Crippen LogP contribution in [0.5, 0.6) is 0 Å². The molecule has 24 rings (SSSR count). The molecule has 0 radical (unpaired) electrons.